The largest absolute Gasteiger partial charge is 0.251 e. The Kier molecular flexibility index (Phi) is 3.67. The SMILES string of the molecule is CC#CCS(N)=O. The molecule has 2 N–H and O–H groups in total. The van der Waals surface area contributed by atoms with Crippen LogP contribution in [0, 0.1) is 11.8 Å². The van der Waals surface area contributed by atoms with Crippen LogP contribution < -0.4 is 5.14 Å². The van der Waals surface area contributed by atoms with E-state index in [9.17, 15) is 4.21 Å². The Labute approximate surface area is 45.7 Å². The first-order valence-electron chi connectivity index (χ1n) is 1.79. The van der Waals surface area contributed by atoms with E-state index in [4.69, 9.17) is 5.14 Å². The van der Waals surface area contributed by atoms with Gasteiger partial charge in [0.15, 0.2) is 0 Å². The molecule has 0 rings (SSSR count). The van der Waals surface area contributed by atoms with Crippen LogP contribution in [0.4, 0.5) is 0 Å². The fourth-order valence-corrected chi connectivity index (χ4v) is 0.430. The van der Waals surface area contributed by atoms with E-state index in [1.165, 1.54) is 0 Å². The molecule has 0 aliphatic carbocycles. The summed E-state index contributed by atoms with van der Waals surface area (Å²) in [6.45, 7) is 1.69. The van der Waals surface area contributed by atoms with Crippen molar-refractivity contribution in [1.82, 2.24) is 0 Å². The second-order valence-electron chi connectivity index (χ2n) is 0.952. The molecule has 0 aromatic carbocycles. The molecule has 7 heavy (non-hydrogen) atoms. The lowest BCUT2D eigenvalue weighted by Crippen LogP contribution is -2.04. The minimum absolute atomic E-state index is 0.288. The Morgan fingerprint density at radius 2 is 2.43 bits per heavy atom. The van der Waals surface area contributed by atoms with Crippen LogP contribution in [0.3, 0.4) is 0 Å². The molecule has 0 aromatic heterocycles. The van der Waals surface area contributed by atoms with Crippen LogP contribution in [0.1, 0.15) is 6.92 Å². The molecular weight excluding hydrogens is 110 g/mol. The lowest BCUT2D eigenvalue weighted by molar-refractivity contribution is 0.686. The minimum atomic E-state index is -1.24. The molecule has 0 radical (unpaired) electrons. The molecule has 0 heterocycles. The van der Waals surface area contributed by atoms with Gasteiger partial charge in [-0.25, -0.2) is 4.21 Å². The van der Waals surface area contributed by atoms with Gasteiger partial charge < -0.3 is 0 Å². The summed E-state index contributed by atoms with van der Waals surface area (Å²) in [5.41, 5.74) is 0. The normalized spacial score (nSPS) is 11.7. The van der Waals surface area contributed by atoms with Gasteiger partial charge in [-0.2, -0.15) is 0 Å². The van der Waals surface area contributed by atoms with Gasteiger partial charge in [-0.05, 0) is 6.92 Å². The van der Waals surface area contributed by atoms with Crippen LogP contribution in [-0.4, -0.2) is 9.96 Å². The Morgan fingerprint density at radius 3 is 2.57 bits per heavy atom. The van der Waals surface area contributed by atoms with Gasteiger partial charge in [0.05, 0.1) is 5.75 Å². The molecule has 0 amide bonds. The maximum Gasteiger partial charge on any atom is 0.101 e. The Morgan fingerprint density at radius 1 is 1.86 bits per heavy atom. The molecule has 0 aromatic rings. The first-order valence-corrected chi connectivity index (χ1v) is 3.18. The van der Waals surface area contributed by atoms with E-state index >= 15 is 0 Å². The summed E-state index contributed by atoms with van der Waals surface area (Å²) < 4.78 is 9.99. The summed E-state index contributed by atoms with van der Waals surface area (Å²) in [5, 5.41) is 4.85. The molecule has 40 valence electrons. The molecule has 0 aliphatic heterocycles. The van der Waals surface area contributed by atoms with E-state index in [1.807, 2.05) is 0 Å². The average Bonchev–Trinajstić information content (AvgIpc) is 1.61. The van der Waals surface area contributed by atoms with Crippen LogP contribution in [0.15, 0.2) is 0 Å². The van der Waals surface area contributed by atoms with Crippen LogP contribution in [0.5, 0.6) is 0 Å². The first kappa shape index (κ1) is 6.67. The second-order valence-corrected chi connectivity index (χ2v) is 2.00. The van der Waals surface area contributed by atoms with Crippen molar-refractivity contribution in [3.63, 3.8) is 0 Å². The quantitative estimate of drug-likeness (QED) is 0.468. The van der Waals surface area contributed by atoms with Crippen molar-refractivity contribution in [2.75, 3.05) is 5.75 Å². The third-order valence-corrected chi connectivity index (χ3v) is 0.820. The summed E-state index contributed by atoms with van der Waals surface area (Å²) >= 11 is 0. The molecule has 2 nitrogen and oxygen atoms in total. The Bertz CT molecular complexity index is 121. The van der Waals surface area contributed by atoms with Gasteiger partial charge in [0, 0.05) is 0 Å². The van der Waals surface area contributed by atoms with Crippen LogP contribution in [0.25, 0.3) is 0 Å². The molecule has 0 fully saturated rings. The van der Waals surface area contributed by atoms with E-state index in [-0.39, 0.29) is 5.75 Å². The molecule has 0 bridgehead atoms. The maximum atomic E-state index is 9.99. The van der Waals surface area contributed by atoms with E-state index < -0.39 is 11.0 Å². The molecule has 1 unspecified atom stereocenters. The standard InChI is InChI=1S/C4H7NOS/c1-2-3-4-7(5)6/h4-5H2,1H3. The Hall–Kier alpha value is -0.330. The number of hydrogen-bond donors (Lipinski definition) is 1. The van der Waals surface area contributed by atoms with Crippen LogP contribution >= 0.6 is 0 Å². The smallest absolute Gasteiger partial charge is 0.101 e. The minimum Gasteiger partial charge on any atom is -0.251 e. The zero-order chi connectivity index (χ0) is 5.70. The molecule has 0 spiro atoms. The number of hydrogen-bond acceptors (Lipinski definition) is 1. The highest BCUT2D eigenvalue weighted by atomic mass is 32.2. The number of rotatable bonds is 1. The third kappa shape index (κ3) is 5.67. The predicted octanol–water partition coefficient (Wildman–Crippen LogP) is -0.368. The van der Waals surface area contributed by atoms with Gasteiger partial charge in [-0.1, -0.05) is 5.92 Å². The van der Waals surface area contributed by atoms with Crippen molar-refractivity contribution < 1.29 is 4.21 Å². The lowest BCUT2D eigenvalue weighted by atomic mass is 10.7. The summed E-state index contributed by atoms with van der Waals surface area (Å²) in [6.07, 6.45) is 0. The van der Waals surface area contributed by atoms with E-state index in [0.29, 0.717) is 0 Å². The molecular formula is C4H7NOS. The van der Waals surface area contributed by atoms with Crippen LogP contribution in [0.2, 0.25) is 0 Å². The molecule has 0 saturated carbocycles. The molecule has 0 aliphatic rings. The number of nitrogens with two attached hydrogens (primary N) is 1. The van der Waals surface area contributed by atoms with Gasteiger partial charge in [0.1, 0.15) is 11.0 Å². The molecule has 1 atom stereocenters. The topological polar surface area (TPSA) is 43.1 Å². The maximum absolute atomic E-state index is 9.99. The zero-order valence-corrected chi connectivity index (χ0v) is 4.92. The lowest BCUT2D eigenvalue weighted by Gasteiger charge is -1.77. The van der Waals surface area contributed by atoms with Crippen molar-refractivity contribution in [1.29, 1.82) is 0 Å². The first-order chi connectivity index (χ1) is 3.27. The summed E-state index contributed by atoms with van der Waals surface area (Å²) in [6, 6.07) is 0. The summed E-state index contributed by atoms with van der Waals surface area (Å²) in [4.78, 5) is 0. The average molecular weight is 117 g/mol. The fourth-order valence-electron chi connectivity index (χ4n) is 0.143. The van der Waals surface area contributed by atoms with Gasteiger partial charge in [0.25, 0.3) is 0 Å². The van der Waals surface area contributed by atoms with E-state index in [1.54, 1.807) is 6.92 Å². The summed E-state index contributed by atoms with van der Waals surface area (Å²) in [5.74, 6) is 5.44. The summed E-state index contributed by atoms with van der Waals surface area (Å²) in [7, 11) is -1.24. The van der Waals surface area contributed by atoms with Crippen molar-refractivity contribution in [2.45, 2.75) is 6.92 Å². The zero-order valence-electron chi connectivity index (χ0n) is 4.10. The van der Waals surface area contributed by atoms with E-state index in [2.05, 4.69) is 11.8 Å². The molecule has 0 saturated heterocycles. The predicted molar refractivity (Wildman–Crippen MR) is 30.6 cm³/mol. The van der Waals surface area contributed by atoms with Gasteiger partial charge in [-0.15, -0.1) is 5.92 Å². The second kappa shape index (κ2) is 3.85. The monoisotopic (exact) mass is 117 g/mol. The van der Waals surface area contributed by atoms with Crippen molar-refractivity contribution in [3.8, 4) is 11.8 Å². The Balaban J connectivity index is 3.26. The highest BCUT2D eigenvalue weighted by Gasteiger charge is 1.78. The van der Waals surface area contributed by atoms with Crippen molar-refractivity contribution in [2.24, 2.45) is 5.14 Å². The third-order valence-electron chi connectivity index (χ3n) is 0.391. The highest BCUT2D eigenvalue weighted by molar-refractivity contribution is 7.82. The highest BCUT2D eigenvalue weighted by Crippen LogP contribution is 1.62. The molecule has 3 heteroatoms. The van der Waals surface area contributed by atoms with Crippen molar-refractivity contribution in [3.05, 3.63) is 0 Å². The van der Waals surface area contributed by atoms with Crippen LogP contribution in [-0.2, 0) is 11.0 Å². The van der Waals surface area contributed by atoms with Crippen molar-refractivity contribution >= 4 is 11.0 Å². The van der Waals surface area contributed by atoms with Gasteiger partial charge >= 0.3 is 0 Å². The fraction of sp³-hybridized carbons (Fsp3) is 0.500. The van der Waals surface area contributed by atoms with Gasteiger partial charge in [0.2, 0.25) is 0 Å². The van der Waals surface area contributed by atoms with Gasteiger partial charge in [-0.3, -0.25) is 5.14 Å². The van der Waals surface area contributed by atoms with E-state index in [0.717, 1.165) is 0 Å².